The first-order valence-electron chi connectivity index (χ1n) is 10.5. The zero-order chi connectivity index (χ0) is 22.6. The number of anilines is 1. The summed E-state index contributed by atoms with van der Waals surface area (Å²) in [5, 5.41) is 15.3. The van der Waals surface area contributed by atoms with Gasteiger partial charge in [0.25, 0.3) is 5.91 Å². The average Bonchev–Trinajstić information content (AvgIpc) is 2.81. The summed E-state index contributed by atoms with van der Waals surface area (Å²) in [6.07, 6.45) is 2.83. The van der Waals surface area contributed by atoms with E-state index in [1.54, 1.807) is 30.5 Å². The second kappa shape index (κ2) is 12.1. The number of amides is 1. The van der Waals surface area contributed by atoms with Crippen LogP contribution in [0.25, 0.3) is 0 Å². The highest BCUT2D eigenvalue weighted by Crippen LogP contribution is 2.15. The van der Waals surface area contributed by atoms with Gasteiger partial charge in [-0.25, -0.2) is 4.98 Å². The number of benzene rings is 2. The number of nitrogens with one attached hydrogen (secondary N) is 2. The molecule has 166 valence electrons. The molecule has 2 aromatic carbocycles. The summed E-state index contributed by atoms with van der Waals surface area (Å²) >= 11 is 0. The number of aliphatic carboxylic acids is 1. The molecule has 0 aliphatic rings. The van der Waals surface area contributed by atoms with Gasteiger partial charge >= 0.3 is 5.97 Å². The number of nitrogens with zero attached hydrogens (tertiary/aromatic N) is 1. The summed E-state index contributed by atoms with van der Waals surface area (Å²) in [7, 11) is 0. The molecular weight excluding hydrogens is 406 g/mol. The van der Waals surface area contributed by atoms with Crippen molar-refractivity contribution < 1.29 is 19.4 Å². The van der Waals surface area contributed by atoms with Gasteiger partial charge in [0.05, 0.1) is 13.0 Å². The lowest BCUT2D eigenvalue weighted by molar-refractivity contribution is -0.137. The smallest absolute Gasteiger partial charge is 0.305 e. The molecule has 0 aliphatic heterocycles. The zero-order valence-corrected chi connectivity index (χ0v) is 17.7. The largest absolute Gasteiger partial charge is 0.494 e. The molecule has 1 atom stereocenters. The third kappa shape index (κ3) is 7.75. The second-order valence-corrected chi connectivity index (χ2v) is 7.33. The summed E-state index contributed by atoms with van der Waals surface area (Å²) in [6.45, 7) is 1.32. The number of rotatable bonds is 12. The van der Waals surface area contributed by atoms with Crippen molar-refractivity contribution in [3.8, 4) is 5.75 Å². The summed E-state index contributed by atoms with van der Waals surface area (Å²) in [4.78, 5) is 27.9. The molecule has 0 saturated carbocycles. The average molecular weight is 434 g/mol. The van der Waals surface area contributed by atoms with Crippen LogP contribution in [0.5, 0.6) is 5.75 Å². The maximum Gasteiger partial charge on any atom is 0.305 e. The highest BCUT2D eigenvalue weighted by atomic mass is 16.5. The number of hydrogen-bond donors (Lipinski definition) is 3. The topological polar surface area (TPSA) is 101 Å². The number of carbonyl (C=O) groups is 2. The van der Waals surface area contributed by atoms with Crippen LogP contribution in [0, 0.1) is 0 Å². The second-order valence-electron chi connectivity index (χ2n) is 7.33. The van der Waals surface area contributed by atoms with Gasteiger partial charge in [0, 0.05) is 24.3 Å². The zero-order valence-electron chi connectivity index (χ0n) is 17.7. The third-order valence-corrected chi connectivity index (χ3v) is 4.76. The van der Waals surface area contributed by atoms with Gasteiger partial charge < -0.3 is 20.5 Å². The highest BCUT2D eigenvalue weighted by molar-refractivity contribution is 5.94. The number of carboxylic acids is 1. The first-order chi connectivity index (χ1) is 15.6. The Kier molecular flexibility index (Phi) is 8.62. The molecule has 1 heterocycles. The fourth-order valence-corrected chi connectivity index (χ4v) is 3.20. The number of ether oxygens (including phenoxy) is 1. The van der Waals surface area contributed by atoms with E-state index in [9.17, 15) is 14.7 Å². The number of hydrogen-bond acceptors (Lipinski definition) is 5. The van der Waals surface area contributed by atoms with Crippen molar-refractivity contribution in [2.24, 2.45) is 0 Å². The highest BCUT2D eigenvalue weighted by Gasteiger charge is 2.17. The Hall–Kier alpha value is -3.87. The molecule has 1 aromatic heterocycles. The number of carboxylic acid groups (broad SMARTS) is 1. The van der Waals surface area contributed by atoms with Crippen molar-refractivity contribution in [3.05, 3.63) is 90.1 Å². The van der Waals surface area contributed by atoms with E-state index in [1.807, 2.05) is 48.5 Å². The summed E-state index contributed by atoms with van der Waals surface area (Å²) < 4.78 is 5.77. The number of pyridine rings is 1. The van der Waals surface area contributed by atoms with E-state index >= 15 is 0 Å². The lowest BCUT2D eigenvalue weighted by Gasteiger charge is -2.17. The van der Waals surface area contributed by atoms with Gasteiger partial charge in [-0.05, 0) is 54.8 Å². The van der Waals surface area contributed by atoms with Gasteiger partial charge in [-0.1, -0.05) is 36.4 Å². The van der Waals surface area contributed by atoms with Gasteiger partial charge in [-0.3, -0.25) is 9.59 Å². The van der Waals surface area contributed by atoms with Crippen molar-refractivity contribution >= 4 is 17.7 Å². The lowest BCUT2D eigenvalue weighted by atomic mass is 10.0. The first-order valence-corrected chi connectivity index (χ1v) is 10.5. The van der Waals surface area contributed by atoms with E-state index < -0.39 is 12.0 Å². The van der Waals surface area contributed by atoms with Crippen LogP contribution in [-0.4, -0.2) is 41.2 Å². The van der Waals surface area contributed by atoms with Gasteiger partial charge in [0.15, 0.2) is 0 Å². The Balaban J connectivity index is 1.46. The summed E-state index contributed by atoms with van der Waals surface area (Å²) in [5.74, 6) is 0.348. The normalized spacial score (nSPS) is 11.4. The van der Waals surface area contributed by atoms with Crippen LogP contribution in [-0.2, 0) is 11.2 Å². The Bertz CT molecular complexity index is 979. The minimum absolute atomic E-state index is 0.153. The molecular formula is C25H27N3O4. The molecule has 0 saturated heterocycles. The quantitative estimate of drug-likeness (QED) is 0.376. The Morgan fingerprint density at radius 3 is 2.41 bits per heavy atom. The van der Waals surface area contributed by atoms with Crippen molar-refractivity contribution in [2.45, 2.75) is 25.3 Å². The molecule has 7 heteroatoms. The van der Waals surface area contributed by atoms with Crippen LogP contribution in [0.15, 0.2) is 79.0 Å². The SMILES string of the molecule is O=C(O)C[C@H](Cc1ccc(OCCCNc2ccccn2)cc1)NC(=O)c1ccccc1. The molecule has 0 fully saturated rings. The maximum absolute atomic E-state index is 12.4. The number of aromatic nitrogens is 1. The Morgan fingerprint density at radius 2 is 1.72 bits per heavy atom. The monoisotopic (exact) mass is 433 g/mol. The molecule has 0 aliphatic carbocycles. The molecule has 0 radical (unpaired) electrons. The molecule has 1 amide bonds. The van der Waals surface area contributed by atoms with Gasteiger partial charge in [-0.15, -0.1) is 0 Å². The van der Waals surface area contributed by atoms with Crippen molar-refractivity contribution in [1.29, 1.82) is 0 Å². The molecule has 32 heavy (non-hydrogen) atoms. The van der Waals surface area contributed by atoms with E-state index in [2.05, 4.69) is 15.6 Å². The van der Waals surface area contributed by atoms with Crippen LogP contribution in [0.3, 0.4) is 0 Å². The predicted molar refractivity (Wildman–Crippen MR) is 123 cm³/mol. The van der Waals surface area contributed by atoms with E-state index in [4.69, 9.17) is 4.74 Å². The number of carbonyl (C=O) groups excluding carboxylic acids is 1. The minimum atomic E-state index is -0.956. The Morgan fingerprint density at radius 1 is 0.969 bits per heavy atom. The van der Waals surface area contributed by atoms with Gasteiger partial charge in [0.2, 0.25) is 0 Å². The van der Waals surface area contributed by atoms with Crippen molar-refractivity contribution in [3.63, 3.8) is 0 Å². The van der Waals surface area contributed by atoms with Crippen molar-refractivity contribution in [2.75, 3.05) is 18.5 Å². The van der Waals surface area contributed by atoms with E-state index in [-0.39, 0.29) is 12.3 Å². The molecule has 3 rings (SSSR count). The molecule has 0 spiro atoms. The molecule has 7 nitrogen and oxygen atoms in total. The summed E-state index contributed by atoms with van der Waals surface area (Å²) in [5.41, 5.74) is 1.43. The van der Waals surface area contributed by atoms with E-state index in [1.165, 1.54) is 0 Å². The fourth-order valence-electron chi connectivity index (χ4n) is 3.20. The van der Waals surface area contributed by atoms with Crippen LogP contribution in [0.1, 0.15) is 28.8 Å². The van der Waals surface area contributed by atoms with Crippen molar-refractivity contribution in [1.82, 2.24) is 10.3 Å². The lowest BCUT2D eigenvalue weighted by Crippen LogP contribution is -2.38. The summed E-state index contributed by atoms with van der Waals surface area (Å²) in [6, 6.07) is 21.5. The molecule has 3 N–H and O–H groups in total. The first kappa shape index (κ1) is 22.8. The van der Waals surface area contributed by atoms with E-state index in [0.717, 1.165) is 30.1 Å². The van der Waals surface area contributed by atoms with Crippen LogP contribution in [0.2, 0.25) is 0 Å². The van der Waals surface area contributed by atoms with Gasteiger partial charge in [0.1, 0.15) is 11.6 Å². The fraction of sp³-hybridized carbons (Fsp3) is 0.240. The maximum atomic E-state index is 12.4. The van der Waals surface area contributed by atoms with Gasteiger partial charge in [-0.2, -0.15) is 0 Å². The van der Waals surface area contributed by atoms with E-state index in [0.29, 0.717) is 18.6 Å². The predicted octanol–water partition coefficient (Wildman–Crippen LogP) is 3.78. The van der Waals surface area contributed by atoms with Crippen LogP contribution < -0.4 is 15.4 Å². The molecule has 0 unspecified atom stereocenters. The standard InChI is InChI=1S/C25H27N3O4/c29-24(30)18-21(28-25(31)20-7-2-1-3-8-20)17-19-10-12-22(13-11-19)32-16-6-15-27-23-9-4-5-14-26-23/h1-5,7-14,21H,6,15-18H2,(H,26,27)(H,28,31)(H,29,30)/t21-/m0/s1. The minimum Gasteiger partial charge on any atom is -0.494 e. The van der Waals surface area contributed by atoms with Crippen LogP contribution >= 0.6 is 0 Å². The molecule has 0 bridgehead atoms. The Labute approximate surface area is 187 Å². The molecule has 3 aromatic rings. The third-order valence-electron chi connectivity index (χ3n) is 4.76. The van der Waals surface area contributed by atoms with Crippen LogP contribution in [0.4, 0.5) is 5.82 Å².